The molecule has 0 unspecified atom stereocenters. The normalized spacial score (nSPS) is 10.8. The fourth-order valence-electron chi connectivity index (χ4n) is 1.96. The van der Waals surface area contributed by atoms with Gasteiger partial charge in [-0.3, -0.25) is 25.0 Å². The molecule has 12 heteroatoms. The Morgan fingerprint density at radius 2 is 1.69 bits per heavy atom. The number of methoxy groups -OCH3 is 1. The Kier molecular flexibility index (Phi) is 5.26. The van der Waals surface area contributed by atoms with E-state index in [2.05, 4.69) is 4.72 Å². The quantitative estimate of drug-likeness (QED) is 0.566. The zero-order valence-electron chi connectivity index (χ0n) is 13.5. The lowest BCUT2D eigenvalue weighted by molar-refractivity contribution is -0.386. The molecular weight excluding hydrogens is 370 g/mol. The molecule has 2 aromatic rings. The van der Waals surface area contributed by atoms with E-state index in [-0.39, 0.29) is 28.6 Å². The van der Waals surface area contributed by atoms with Crippen molar-refractivity contribution in [3.8, 4) is 17.2 Å². The Balaban J connectivity index is 2.55. The molecule has 0 fully saturated rings. The second-order valence-corrected chi connectivity index (χ2v) is 6.75. The lowest BCUT2D eigenvalue weighted by atomic mass is 10.2. The van der Waals surface area contributed by atoms with Gasteiger partial charge in [0.25, 0.3) is 5.69 Å². The number of sulfonamides is 1. The molecule has 0 saturated heterocycles. The van der Waals surface area contributed by atoms with Crippen LogP contribution in [0.25, 0.3) is 0 Å². The monoisotopic (exact) mass is 383 g/mol. The molecule has 2 aromatic carbocycles. The first-order valence-electron chi connectivity index (χ1n) is 6.87. The molecule has 0 spiro atoms. The van der Waals surface area contributed by atoms with Gasteiger partial charge in [0.05, 0.1) is 41.0 Å². The summed E-state index contributed by atoms with van der Waals surface area (Å²) in [6, 6.07) is 6.90. The summed E-state index contributed by atoms with van der Waals surface area (Å²) >= 11 is 0. The maximum absolute atomic E-state index is 11.5. The van der Waals surface area contributed by atoms with Crippen molar-refractivity contribution in [1.82, 2.24) is 0 Å². The van der Waals surface area contributed by atoms with Gasteiger partial charge in [0.2, 0.25) is 15.8 Å². The Hall–Kier alpha value is -3.41. The van der Waals surface area contributed by atoms with Crippen LogP contribution < -0.4 is 14.2 Å². The van der Waals surface area contributed by atoms with Gasteiger partial charge in [-0.2, -0.15) is 0 Å². The van der Waals surface area contributed by atoms with Crippen molar-refractivity contribution in [3.63, 3.8) is 0 Å². The van der Waals surface area contributed by atoms with Crippen LogP contribution in [0, 0.1) is 20.2 Å². The van der Waals surface area contributed by atoms with Crippen molar-refractivity contribution >= 4 is 27.1 Å². The summed E-state index contributed by atoms with van der Waals surface area (Å²) in [5, 5.41) is 22.2. The summed E-state index contributed by atoms with van der Waals surface area (Å²) in [6.45, 7) is 0. The molecule has 11 nitrogen and oxygen atoms in total. The zero-order chi connectivity index (χ0) is 19.5. The molecule has 0 bridgehead atoms. The number of rotatable bonds is 7. The molecule has 0 atom stereocenters. The van der Waals surface area contributed by atoms with Gasteiger partial charge in [-0.25, -0.2) is 8.42 Å². The summed E-state index contributed by atoms with van der Waals surface area (Å²) in [5.41, 5.74) is -0.945. The Morgan fingerprint density at radius 1 is 1.00 bits per heavy atom. The van der Waals surface area contributed by atoms with E-state index < -0.39 is 25.6 Å². The zero-order valence-corrected chi connectivity index (χ0v) is 14.3. The van der Waals surface area contributed by atoms with Crippen LogP contribution >= 0.6 is 0 Å². The van der Waals surface area contributed by atoms with E-state index in [4.69, 9.17) is 9.47 Å². The largest absolute Gasteiger partial charge is 0.496 e. The van der Waals surface area contributed by atoms with Crippen LogP contribution in [-0.4, -0.2) is 31.6 Å². The SMILES string of the molecule is COc1ccc(Oc2cc([N+](=O)[O-])ccc2NS(C)(=O)=O)c([N+](=O)[O-])c1. The number of benzene rings is 2. The molecule has 0 heterocycles. The van der Waals surface area contributed by atoms with Gasteiger partial charge in [0.1, 0.15) is 5.75 Å². The molecule has 0 aliphatic rings. The average Bonchev–Trinajstić information content (AvgIpc) is 2.55. The number of nitro groups is 2. The van der Waals surface area contributed by atoms with Crippen molar-refractivity contribution in [2.45, 2.75) is 0 Å². The van der Waals surface area contributed by atoms with Crippen molar-refractivity contribution in [2.24, 2.45) is 0 Å². The number of nitrogens with zero attached hydrogens (tertiary/aromatic N) is 2. The van der Waals surface area contributed by atoms with E-state index in [9.17, 15) is 28.6 Å². The first-order chi connectivity index (χ1) is 12.1. The molecule has 2 rings (SSSR count). The molecule has 0 aliphatic carbocycles. The third-order valence-corrected chi connectivity index (χ3v) is 3.64. The van der Waals surface area contributed by atoms with Crippen LogP contribution in [-0.2, 0) is 10.0 Å². The molecule has 0 radical (unpaired) electrons. The first-order valence-corrected chi connectivity index (χ1v) is 8.76. The maximum Gasteiger partial charge on any atom is 0.315 e. The van der Waals surface area contributed by atoms with Crippen LogP contribution in [0.2, 0.25) is 0 Å². The highest BCUT2D eigenvalue weighted by molar-refractivity contribution is 7.92. The minimum Gasteiger partial charge on any atom is -0.496 e. The Morgan fingerprint density at radius 3 is 2.23 bits per heavy atom. The number of non-ortho nitro benzene ring substituents is 1. The number of anilines is 1. The molecule has 0 saturated carbocycles. The van der Waals surface area contributed by atoms with E-state index in [1.165, 1.54) is 19.2 Å². The van der Waals surface area contributed by atoms with Crippen LogP contribution in [0.3, 0.4) is 0 Å². The molecule has 1 N–H and O–H groups in total. The standard InChI is InChI=1S/C14H13N3O8S/c1-24-10-4-6-13(12(8-10)17(20)21)25-14-7-9(16(18)19)3-5-11(14)15-26(2,22)23/h3-8,15H,1-2H3. The highest BCUT2D eigenvalue weighted by Crippen LogP contribution is 2.38. The van der Waals surface area contributed by atoms with E-state index in [0.29, 0.717) is 0 Å². The average molecular weight is 383 g/mol. The number of nitrogens with one attached hydrogen (secondary N) is 1. The second-order valence-electron chi connectivity index (χ2n) is 5.00. The van der Waals surface area contributed by atoms with Crippen LogP contribution in [0.4, 0.5) is 17.1 Å². The first kappa shape index (κ1) is 18.9. The van der Waals surface area contributed by atoms with Crippen molar-refractivity contribution in [1.29, 1.82) is 0 Å². The summed E-state index contributed by atoms with van der Waals surface area (Å²) in [6.07, 6.45) is 0.883. The molecular formula is C14H13N3O8S. The third-order valence-electron chi connectivity index (χ3n) is 3.05. The van der Waals surface area contributed by atoms with Gasteiger partial charge in [-0.15, -0.1) is 0 Å². The summed E-state index contributed by atoms with van der Waals surface area (Å²) in [7, 11) is -2.39. The molecule has 0 aromatic heterocycles. The third kappa shape index (κ3) is 4.57. The molecule has 138 valence electrons. The topological polar surface area (TPSA) is 151 Å². The number of ether oxygens (including phenoxy) is 2. The van der Waals surface area contributed by atoms with Crippen LogP contribution in [0.5, 0.6) is 17.2 Å². The van der Waals surface area contributed by atoms with E-state index in [1.807, 2.05) is 0 Å². The maximum atomic E-state index is 11.5. The van der Waals surface area contributed by atoms with Crippen LogP contribution in [0.15, 0.2) is 36.4 Å². The molecule has 26 heavy (non-hydrogen) atoms. The smallest absolute Gasteiger partial charge is 0.315 e. The predicted octanol–water partition coefficient (Wildman–Crippen LogP) is 2.68. The highest BCUT2D eigenvalue weighted by atomic mass is 32.2. The Labute approximate surface area is 147 Å². The number of hydrogen-bond acceptors (Lipinski definition) is 8. The predicted molar refractivity (Wildman–Crippen MR) is 91.3 cm³/mol. The van der Waals surface area contributed by atoms with E-state index >= 15 is 0 Å². The molecule has 0 amide bonds. The fourth-order valence-corrected chi connectivity index (χ4v) is 2.53. The van der Waals surface area contributed by atoms with Gasteiger partial charge >= 0.3 is 5.69 Å². The summed E-state index contributed by atoms with van der Waals surface area (Å²) in [4.78, 5) is 20.7. The fraction of sp³-hybridized carbons (Fsp3) is 0.143. The Bertz CT molecular complexity index is 974. The lowest BCUT2D eigenvalue weighted by Crippen LogP contribution is -2.10. The van der Waals surface area contributed by atoms with E-state index in [1.54, 1.807) is 0 Å². The number of hydrogen-bond donors (Lipinski definition) is 1. The summed E-state index contributed by atoms with van der Waals surface area (Å²) < 4.78 is 35.4. The van der Waals surface area contributed by atoms with Crippen molar-refractivity contribution in [2.75, 3.05) is 18.1 Å². The summed E-state index contributed by atoms with van der Waals surface area (Å²) in [5.74, 6) is -0.302. The minimum absolute atomic E-state index is 0.108. The van der Waals surface area contributed by atoms with Gasteiger partial charge in [-0.1, -0.05) is 0 Å². The van der Waals surface area contributed by atoms with Gasteiger partial charge < -0.3 is 9.47 Å². The van der Waals surface area contributed by atoms with Crippen LogP contribution in [0.1, 0.15) is 0 Å². The second kappa shape index (κ2) is 7.23. The van der Waals surface area contributed by atoms with Gasteiger partial charge in [0.15, 0.2) is 5.75 Å². The molecule has 0 aliphatic heterocycles. The van der Waals surface area contributed by atoms with Gasteiger partial charge in [0, 0.05) is 6.07 Å². The number of nitro benzene ring substituents is 2. The van der Waals surface area contributed by atoms with Crippen molar-refractivity contribution < 1.29 is 27.7 Å². The van der Waals surface area contributed by atoms with Crippen molar-refractivity contribution in [3.05, 3.63) is 56.6 Å². The minimum atomic E-state index is -3.72. The van der Waals surface area contributed by atoms with Gasteiger partial charge in [-0.05, 0) is 18.2 Å². The lowest BCUT2D eigenvalue weighted by Gasteiger charge is -2.12. The van der Waals surface area contributed by atoms with E-state index in [0.717, 1.165) is 30.5 Å². The highest BCUT2D eigenvalue weighted by Gasteiger charge is 2.21.